The molecule has 1 aliphatic rings. The minimum Gasteiger partial charge on any atom is -0.324 e. The van der Waals surface area contributed by atoms with Gasteiger partial charge in [0.1, 0.15) is 12.4 Å². The van der Waals surface area contributed by atoms with Crippen molar-refractivity contribution in [3.63, 3.8) is 0 Å². The number of carbonyl (C=O) groups is 2. The Morgan fingerprint density at radius 1 is 1.07 bits per heavy atom. The predicted octanol–water partition coefficient (Wildman–Crippen LogP) is 2.65. The van der Waals surface area contributed by atoms with Crippen molar-refractivity contribution in [1.82, 2.24) is 14.9 Å². The monoisotopic (exact) mass is 365 g/mol. The Labute approximate surface area is 154 Å². The van der Waals surface area contributed by atoms with Gasteiger partial charge in [-0.3, -0.25) is 19.7 Å². The van der Waals surface area contributed by atoms with Crippen LogP contribution < -0.4 is 10.2 Å². The average molecular weight is 365 g/mol. The molecule has 1 aromatic heterocycles. The molecule has 2 heterocycles. The molecule has 1 aliphatic heterocycles. The lowest BCUT2D eigenvalue weighted by molar-refractivity contribution is -0.116. The molecule has 2 aromatic carbocycles. The normalized spacial score (nSPS) is 14.0. The third-order valence-corrected chi connectivity index (χ3v) is 4.33. The SMILES string of the molecule is O=C(CN1CCN(c2ccccc2F)C1=O)Nc1ccc2nccnc2c1. The first kappa shape index (κ1) is 16.9. The Morgan fingerprint density at radius 3 is 2.67 bits per heavy atom. The minimum atomic E-state index is -0.463. The van der Waals surface area contributed by atoms with E-state index in [0.29, 0.717) is 24.3 Å². The molecule has 0 bridgehead atoms. The lowest BCUT2D eigenvalue weighted by Crippen LogP contribution is -2.37. The van der Waals surface area contributed by atoms with Gasteiger partial charge in [0.25, 0.3) is 0 Å². The first-order chi connectivity index (χ1) is 13.1. The van der Waals surface area contributed by atoms with Crippen LogP contribution in [0.25, 0.3) is 11.0 Å². The van der Waals surface area contributed by atoms with Gasteiger partial charge in [-0.25, -0.2) is 9.18 Å². The predicted molar refractivity (Wildman–Crippen MR) is 98.9 cm³/mol. The number of para-hydroxylation sites is 1. The van der Waals surface area contributed by atoms with Gasteiger partial charge in [-0.1, -0.05) is 12.1 Å². The van der Waals surface area contributed by atoms with Crippen LogP contribution in [0.2, 0.25) is 0 Å². The van der Waals surface area contributed by atoms with Gasteiger partial charge in [-0.2, -0.15) is 0 Å². The highest BCUT2D eigenvalue weighted by atomic mass is 19.1. The van der Waals surface area contributed by atoms with Crippen LogP contribution in [-0.4, -0.2) is 46.4 Å². The van der Waals surface area contributed by atoms with Crippen LogP contribution in [0.15, 0.2) is 54.9 Å². The Kier molecular flexibility index (Phi) is 4.37. The number of anilines is 2. The Hall–Kier alpha value is -3.55. The summed E-state index contributed by atoms with van der Waals surface area (Å²) in [6.07, 6.45) is 3.18. The van der Waals surface area contributed by atoms with Crippen LogP contribution in [0.1, 0.15) is 0 Å². The number of fused-ring (bicyclic) bond motifs is 1. The number of nitrogens with one attached hydrogen (secondary N) is 1. The van der Waals surface area contributed by atoms with Crippen LogP contribution in [0.4, 0.5) is 20.6 Å². The largest absolute Gasteiger partial charge is 0.325 e. The molecule has 0 spiro atoms. The Balaban J connectivity index is 1.42. The summed E-state index contributed by atoms with van der Waals surface area (Å²) in [4.78, 5) is 35.9. The highest BCUT2D eigenvalue weighted by molar-refractivity contribution is 6.00. The van der Waals surface area contributed by atoms with E-state index in [1.165, 1.54) is 15.9 Å². The topological polar surface area (TPSA) is 78.4 Å². The smallest absolute Gasteiger partial charge is 0.324 e. The van der Waals surface area contributed by atoms with Crippen molar-refractivity contribution < 1.29 is 14.0 Å². The minimum absolute atomic E-state index is 0.109. The standard InChI is InChI=1S/C19H16FN5O2/c20-14-3-1-2-4-17(14)25-10-9-24(19(25)27)12-18(26)23-13-5-6-15-16(11-13)22-8-7-21-15/h1-8,11H,9-10,12H2,(H,23,26). The fourth-order valence-electron chi connectivity index (χ4n) is 3.04. The second-order valence-corrected chi connectivity index (χ2v) is 6.12. The number of halogens is 1. The maximum Gasteiger partial charge on any atom is 0.325 e. The van der Waals surface area contributed by atoms with E-state index in [0.717, 1.165) is 5.52 Å². The van der Waals surface area contributed by atoms with E-state index < -0.39 is 5.82 Å². The van der Waals surface area contributed by atoms with Crippen LogP contribution in [0.5, 0.6) is 0 Å². The molecule has 27 heavy (non-hydrogen) atoms. The maximum absolute atomic E-state index is 13.9. The average Bonchev–Trinajstić information content (AvgIpc) is 3.02. The van der Waals surface area contributed by atoms with E-state index in [2.05, 4.69) is 15.3 Å². The van der Waals surface area contributed by atoms with Crippen molar-refractivity contribution in [1.29, 1.82) is 0 Å². The third-order valence-electron chi connectivity index (χ3n) is 4.33. The molecular weight excluding hydrogens is 349 g/mol. The summed E-state index contributed by atoms with van der Waals surface area (Å²) in [6, 6.07) is 10.9. The number of hydrogen-bond acceptors (Lipinski definition) is 4. The van der Waals surface area contributed by atoms with Gasteiger partial charge in [0.05, 0.1) is 16.7 Å². The zero-order valence-electron chi connectivity index (χ0n) is 14.3. The molecule has 8 heteroatoms. The first-order valence-electron chi connectivity index (χ1n) is 8.43. The van der Waals surface area contributed by atoms with Crippen molar-refractivity contribution in [3.8, 4) is 0 Å². The van der Waals surface area contributed by atoms with Gasteiger partial charge < -0.3 is 10.2 Å². The molecule has 4 rings (SSSR count). The van der Waals surface area contributed by atoms with E-state index in [-0.39, 0.29) is 24.2 Å². The van der Waals surface area contributed by atoms with Gasteiger partial charge in [0.15, 0.2) is 0 Å². The molecule has 136 valence electrons. The molecule has 1 saturated heterocycles. The number of benzene rings is 2. The lowest BCUT2D eigenvalue weighted by atomic mass is 10.2. The molecule has 7 nitrogen and oxygen atoms in total. The molecule has 0 atom stereocenters. The van der Waals surface area contributed by atoms with Crippen molar-refractivity contribution in [2.24, 2.45) is 0 Å². The number of urea groups is 1. The highest BCUT2D eigenvalue weighted by Crippen LogP contribution is 2.23. The van der Waals surface area contributed by atoms with Crippen LogP contribution in [-0.2, 0) is 4.79 Å². The molecule has 1 fully saturated rings. The van der Waals surface area contributed by atoms with E-state index >= 15 is 0 Å². The molecule has 0 unspecified atom stereocenters. The third kappa shape index (κ3) is 3.41. The fourth-order valence-corrected chi connectivity index (χ4v) is 3.04. The number of aromatic nitrogens is 2. The molecule has 3 aromatic rings. The van der Waals surface area contributed by atoms with Crippen LogP contribution in [0, 0.1) is 5.82 Å². The van der Waals surface area contributed by atoms with Gasteiger partial charge in [-0.15, -0.1) is 0 Å². The molecular formula is C19H16FN5O2. The van der Waals surface area contributed by atoms with E-state index in [1.807, 2.05) is 0 Å². The summed E-state index contributed by atoms with van der Waals surface area (Å²) >= 11 is 0. The van der Waals surface area contributed by atoms with Crippen molar-refractivity contribution in [2.75, 3.05) is 29.9 Å². The lowest BCUT2D eigenvalue weighted by Gasteiger charge is -2.18. The highest BCUT2D eigenvalue weighted by Gasteiger charge is 2.32. The quantitative estimate of drug-likeness (QED) is 0.771. The molecule has 1 N–H and O–H groups in total. The van der Waals surface area contributed by atoms with Gasteiger partial charge in [0, 0.05) is 31.2 Å². The first-order valence-corrected chi connectivity index (χ1v) is 8.43. The number of carbonyl (C=O) groups excluding carboxylic acids is 2. The number of rotatable bonds is 4. The summed E-state index contributed by atoms with van der Waals surface area (Å²) in [5, 5.41) is 2.75. The van der Waals surface area contributed by atoms with Crippen molar-refractivity contribution in [2.45, 2.75) is 0 Å². The van der Waals surface area contributed by atoms with E-state index in [9.17, 15) is 14.0 Å². The zero-order valence-corrected chi connectivity index (χ0v) is 14.3. The van der Waals surface area contributed by atoms with Crippen molar-refractivity contribution in [3.05, 3.63) is 60.7 Å². The summed E-state index contributed by atoms with van der Waals surface area (Å²) in [5.41, 5.74) is 2.19. The van der Waals surface area contributed by atoms with Crippen LogP contribution >= 0.6 is 0 Å². The number of nitrogens with zero attached hydrogens (tertiary/aromatic N) is 4. The maximum atomic E-state index is 13.9. The summed E-state index contributed by atoms with van der Waals surface area (Å²) < 4.78 is 13.9. The van der Waals surface area contributed by atoms with Gasteiger partial charge in [-0.05, 0) is 30.3 Å². The number of amides is 3. The molecule has 0 saturated carbocycles. The van der Waals surface area contributed by atoms with E-state index in [1.54, 1.807) is 48.8 Å². The van der Waals surface area contributed by atoms with Crippen LogP contribution in [0.3, 0.4) is 0 Å². The molecule has 0 radical (unpaired) electrons. The second kappa shape index (κ2) is 6.99. The van der Waals surface area contributed by atoms with Crippen molar-refractivity contribution >= 4 is 34.3 Å². The number of hydrogen-bond donors (Lipinski definition) is 1. The van der Waals surface area contributed by atoms with E-state index in [4.69, 9.17) is 0 Å². The summed E-state index contributed by atoms with van der Waals surface area (Å²) in [6.45, 7) is 0.574. The fraction of sp³-hybridized carbons (Fsp3) is 0.158. The summed E-state index contributed by atoms with van der Waals surface area (Å²) in [7, 11) is 0. The Bertz CT molecular complexity index is 1030. The van der Waals surface area contributed by atoms with Gasteiger partial charge in [0.2, 0.25) is 5.91 Å². The molecule has 0 aliphatic carbocycles. The Morgan fingerprint density at radius 2 is 1.85 bits per heavy atom. The van der Waals surface area contributed by atoms with Gasteiger partial charge >= 0.3 is 6.03 Å². The molecule has 3 amide bonds. The summed E-state index contributed by atoms with van der Waals surface area (Å²) in [5.74, 6) is -0.795. The second-order valence-electron chi connectivity index (χ2n) is 6.12. The zero-order chi connectivity index (χ0) is 18.8.